The van der Waals surface area contributed by atoms with E-state index in [1.165, 1.54) is 4.90 Å². The first-order valence-corrected chi connectivity index (χ1v) is 7.24. The largest absolute Gasteiger partial charge is 0.414 e. The molecule has 22 heavy (non-hydrogen) atoms. The van der Waals surface area contributed by atoms with Gasteiger partial charge in [-0.15, -0.1) is 0 Å². The molecular formula is C14H23F3N2O3. The van der Waals surface area contributed by atoms with Gasteiger partial charge < -0.3 is 15.3 Å². The Bertz CT molecular complexity index is 411. The highest BCUT2D eigenvalue weighted by molar-refractivity contribution is 5.87. The number of carbonyl (C=O) groups is 2. The zero-order valence-corrected chi connectivity index (χ0v) is 13.0. The molecule has 1 saturated heterocycles. The number of likely N-dealkylation sites (tertiary alicyclic amines) is 1. The van der Waals surface area contributed by atoms with E-state index in [2.05, 4.69) is 5.32 Å². The molecule has 5 nitrogen and oxygen atoms in total. The summed E-state index contributed by atoms with van der Waals surface area (Å²) in [5.74, 6) is -1.46. The van der Waals surface area contributed by atoms with E-state index in [1.54, 1.807) is 20.8 Å². The van der Waals surface area contributed by atoms with Crippen molar-refractivity contribution in [3.63, 3.8) is 0 Å². The van der Waals surface area contributed by atoms with Crippen LogP contribution in [-0.2, 0) is 9.59 Å². The summed E-state index contributed by atoms with van der Waals surface area (Å²) in [6.07, 6.45) is -6.78. The average molecular weight is 324 g/mol. The predicted octanol–water partition coefficient (Wildman–Crippen LogP) is 1.31. The maximum atomic E-state index is 12.4. The Labute approximate surface area is 127 Å². The second-order valence-corrected chi connectivity index (χ2v) is 6.64. The van der Waals surface area contributed by atoms with E-state index in [4.69, 9.17) is 0 Å². The minimum Gasteiger partial charge on any atom is -0.383 e. The molecule has 0 aromatic heterocycles. The van der Waals surface area contributed by atoms with Crippen molar-refractivity contribution in [1.29, 1.82) is 0 Å². The van der Waals surface area contributed by atoms with Crippen LogP contribution >= 0.6 is 0 Å². The number of halogens is 3. The van der Waals surface area contributed by atoms with Gasteiger partial charge in [-0.25, -0.2) is 0 Å². The van der Waals surface area contributed by atoms with E-state index in [0.717, 1.165) is 0 Å². The quantitative estimate of drug-likeness (QED) is 0.822. The molecule has 1 rings (SSSR count). The molecule has 0 aromatic rings. The molecule has 0 saturated carbocycles. The fraction of sp³-hybridized carbons (Fsp3) is 0.857. The zero-order valence-electron chi connectivity index (χ0n) is 13.0. The number of carbonyl (C=O) groups excluding carboxylic acids is 2. The van der Waals surface area contributed by atoms with Gasteiger partial charge in [-0.3, -0.25) is 9.59 Å². The first-order valence-electron chi connectivity index (χ1n) is 7.24. The van der Waals surface area contributed by atoms with Crippen LogP contribution in [0.4, 0.5) is 13.2 Å². The molecule has 1 heterocycles. The van der Waals surface area contributed by atoms with Gasteiger partial charge >= 0.3 is 6.18 Å². The van der Waals surface area contributed by atoms with E-state index < -0.39 is 23.6 Å². The van der Waals surface area contributed by atoms with Gasteiger partial charge in [-0.2, -0.15) is 13.2 Å². The van der Waals surface area contributed by atoms with Gasteiger partial charge in [-0.1, -0.05) is 20.8 Å². The molecule has 1 aliphatic rings. The van der Waals surface area contributed by atoms with Crippen LogP contribution in [0.2, 0.25) is 0 Å². The van der Waals surface area contributed by atoms with Crippen molar-refractivity contribution in [3.8, 4) is 0 Å². The molecule has 0 spiro atoms. The summed E-state index contributed by atoms with van der Waals surface area (Å²) >= 11 is 0. The summed E-state index contributed by atoms with van der Waals surface area (Å²) in [4.78, 5) is 25.0. The van der Waals surface area contributed by atoms with Crippen molar-refractivity contribution in [3.05, 3.63) is 0 Å². The molecule has 2 N–H and O–H groups in total. The number of rotatable bonds is 3. The number of aliphatic hydroxyl groups is 1. The van der Waals surface area contributed by atoms with Crippen LogP contribution in [-0.4, -0.2) is 53.7 Å². The smallest absolute Gasteiger partial charge is 0.383 e. The van der Waals surface area contributed by atoms with Crippen LogP contribution in [0.25, 0.3) is 0 Å². The number of hydrogen-bond acceptors (Lipinski definition) is 3. The molecule has 128 valence electrons. The van der Waals surface area contributed by atoms with Gasteiger partial charge in [0.15, 0.2) is 6.10 Å². The maximum absolute atomic E-state index is 12.4. The van der Waals surface area contributed by atoms with Crippen LogP contribution in [0.1, 0.15) is 33.6 Å². The zero-order chi connectivity index (χ0) is 17.1. The standard InChI is InChI=1S/C14H23F3N2O3/c1-13(2,3)12(22)18-8-10(20)19-6-4-9(5-7-19)11(21)14(15,16)17/h9,11,21H,4-8H2,1-3H3,(H,18,22). The molecule has 1 aliphatic heterocycles. The van der Waals surface area contributed by atoms with E-state index in [1.807, 2.05) is 0 Å². The molecule has 1 unspecified atom stereocenters. The Morgan fingerprint density at radius 3 is 2.14 bits per heavy atom. The highest BCUT2D eigenvalue weighted by atomic mass is 19.4. The van der Waals surface area contributed by atoms with Crippen LogP contribution in [0.3, 0.4) is 0 Å². The molecule has 0 aromatic carbocycles. The third kappa shape index (κ3) is 5.15. The summed E-state index contributed by atoms with van der Waals surface area (Å²) in [5.41, 5.74) is -0.607. The molecule has 0 radical (unpaired) electrons. The monoisotopic (exact) mass is 324 g/mol. The van der Waals surface area contributed by atoms with Crippen molar-refractivity contribution < 1.29 is 27.9 Å². The number of alkyl halides is 3. The minimum absolute atomic E-state index is 0.0969. The predicted molar refractivity (Wildman–Crippen MR) is 73.8 cm³/mol. The fourth-order valence-electron chi connectivity index (χ4n) is 2.26. The van der Waals surface area contributed by atoms with Crippen LogP contribution in [0.5, 0.6) is 0 Å². The maximum Gasteiger partial charge on any atom is 0.414 e. The molecule has 2 amide bonds. The number of piperidine rings is 1. The number of aliphatic hydroxyl groups excluding tert-OH is 1. The van der Waals surface area contributed by atoms with E-state index in [9.17, 15) is 27.9 Å². The normalized spacial score (nSPS) is 19.0. The lowest BCUT2D eigenvalue weighted by Gasteiger charge is -2.35. The molecule has 0 bridgehead atoms. The van der Waals surface area contributed by atoms with Crippen LogP contribution in [0, 0.1) is 11.3 Å². The van der Waals surface area contributed by atoms with Gasteiger partial charge in [0, 0.05) is 18.5 Å². The third-order valence-electron chi connectivity index (χ3n) is 3.76. The number of hydrogen-bond donors (Lipinski definition) is 2. The second kappa shape index (κ2) is 6.85. The summed E-state index contributed by atoms with van der Waals surface area (Å²) in [5, 5.41) is 11.7. The SMILES string of the molecule is CC(C)(C)C(=O)NCC(=O)N1CCC(C(O)C(F)(F)F)CC1. The lowest BCUT2D eigenvalue weighted by atomic mass is 9.91. The number of nitrogens with one attached hydrogen (secondary N) is 1. The topological polar surface area (TPSA) is 69.6 Å². The first-order chi connectivity index (χ1) is 9.93. The highest BCUT2D eigenvalue weighted by Crippen LogP contribution is 2.31. The van der Waals surface area contributed by atoms with Crippen molar-refractivity contribution in [2.24, 2.45) is 11.3 Å². The van der Waals surface area contributed by atoms with E-state index in [-0.39, 0.29) is 44.3 Å². The third-order valence-corrected chi connectivity index (χ3v) is 3.76. The Morgan fingerprint density at radius 2 is 1.73 bits per heavy atom. The van der Waals surface area contributed by atoms with Gasteiger partial charge in [0.2, 0.25) is 11.8 Å². The van der Waals surface area contributed by atoms with Gasteiger partial charge in [0.25, 0.3) is 0 Å². The number of nitrogens with zero attached hydrogens (tertiary/aromatic N) is 1. The lowest BCUT2D eigenvalue weighted by molar-refractivity contribution is -0.222. The minimum atomic E-state index is -4.63. The molecule has 1 atom stereocenters. The highest BCUT2D eigenvalue weighted by Gasteiger charge is 2.44. The molecule has 8 heteroatoms. The van der Waals surface area contributed by atoms with E-state index in [0.29, 0.717) is 0 Å². The van der Waals surface area contributed by atoms with Crippen molar-refractivity contribution in [2.45, 2.75) is 45.9 Å². The van der Waals surface area contributed by atoms with Crippen LogP contribution in [0.15, 0.2) is 0 Å². The molecule has 1 fully saturated rings. The Morgan fingerprint density at radius 1 is 1.23 bits per heavy atom. The van der Waals surface area contributed by atoms with Crippen molar-refractivity contribution >= 4 is 11.8 Å². The van der Waals surface area contributed by atoms with Crippen LogP contribution < -0.4 is 5.32 Å². The summed E-state index contributed by atoms with van der Waals surface area (Å²) in [7, 11) is 0. The lowest BCUT2D eigenvalue weighted by Crippen LogP contribution is -2.48. The Balaban J connectivity index is 2.42. The summed E-state index contributed by atoms with van der Waals surface area (Å²) in [6, 6.07) is 0. The molecule has 0 aliphatic carbocycles. The van der Waals surface area contributed by atoms with Gasteiger partial charge in [0.05, 0.1) is 6.54 Å². The fourth-order valence-corrected chi connectivity index (χ4v) is 2.26. The second-order valence-electron chi connectivity index (χ2n) is 6.64. The van der Waals surface area contributed by atoms with Gasteiger partial charge in [0.1, 0.15) is 0 Å². The van der Waals surface area contributed by atoms with Gasteiger partial charge in [-0.05, 0) is 18.8 Å². The van der Waals surface area contributed by atoms with Crippen molar-refractivity contribution in [1.82, 2.24) is 10.2 Å². The average Bonchev–Trinajstić information content (AvgIpc) is 2.41. The Kier molecular flexibility index (Phi) is 5.83. The van der Waals surface area contributed by atoms with Crippen molar-refractivity contribution in [2.75, 3.05) is 19.6 Å². The summed E-state index contributed by atoms with van der Waals surface area (Å²) < 4.78 is 37.3. The molecular weight excluding hydrogens is 301 g/mol. The van der Waals surface area contributed by atoms with E-state index >= 15 is 0 Å². The first kappa shape index (κ1) is 18.7. The summed E-state index contributed by atoms with van der Waals surface area (Å²) in [6.45, 7) is 5.30. The Hall–Kier alpha value is -1.31. The number of amides is 2.